The average Bonchev–Trinajstić information content (AvgIpc) is 2.29. The lowest BCUT2D eigenvalue weighted by Gasteiger charge is -2.13. The molecule has 1 aromatic rings. The molecule has 4 N–H and O–H groups in total. The third-order valence-corrected chi connectivity index (χ3v) is 2.20. The van der Waals surface area contributed by atoms with E-state index in [1.165, 1.54) is 18.2 Å². The van der Waals surface area contributed by atoms with Crippen LogP contribution in [0.1, 0.15) is 11.5 Å². The van der Waals surface area contributed by atoms with Gasteiger partial charge in [-0.1, -0.05) is 12.1 Å². The molecular formula is C11H12FN2O2. The lowest BCUT2D eigenvalue weighted by Crippen LogP contribution is -2.41. The minimum Gasteiger partial charge on any atom is -0.328 e. The maximum absolute atomic E-state index is 12.9. The van der Waals surface area contributed by atoms with Crippen LogP contribution in [-0.4, -0.2) is 24.7 Å². The molecule has 1 radical (unpaired) electrons. The highest BCUT2D eigenvalue weighted by atomic mass is 19.1. The number of ketones is 1. The van der Waals surface area contributed by atoms with E-state index in [9.17, 15) is 14.0 Å². The van der Waals surface area contributed by atoms with Crippen molar-refractivity contribution in [3.63, 3.8) is 0 Å². The fourth-order valence-corrected chi connectivity index (χ4v) is 1.31. The number of carbonyl (C=O) groups is 1. The number of nitrogens with two attached hydrogens (primary N) is 2. The van der Waals surface area contributed by atoms with Gasteiger partial charge in [0, 0.05) is 6.54 Å². The molecule has 0 aliphatic rings. The average molecular weight is 223 g/mol. The summed E-state index contributed by atoms with van der Waals surface area (Å²) in [6.07, 6.45) is 1.56. The van der Waals surface area contributed by atoms with E-state index >= 15 is 0 Å². The van der Waals surface area contributed by atoms with Gasteiger partial charge in [0.15, 0.2) is 5.78 Å². The van der Waals surface area contributed by atoms with Crippen molar-refractivity contribution in [2.24, 2.45) is 11.5 Å². The number of hydrogen-bond acceptors (Lipinski definition) is 4. The van der Waals surface area contributed by atoms with Crippen molar-refractivity contribution in [1.29, 1.82) is 0 Å². The molecule has 0 fully saturated rings. The van der Waals surface area contributed by atoms with Crippen LogP contribution in [0.2, 0.25) is 0 Å². The first-order chi connectivity index (χ1) is 7.60. The van der Waals surface area contributed by atoms with Gasteiger partial charge < -0.3 is 11.5 Å². The molecule has 0 bridgehead atoms. The van der Waals surface area contributed by atoms with Gasteiger partial charge in [-0.15, -0.1) is 0 Å². The SMILES string of the molecule is NCC(N)C(=O)C([C]=O)c1cccc(F)c1. The summed E-state index contributed by atoms with van der Waals surface area (Å²) < 4.78 is 12.9. The summed E-state index contributed by atoms with van der Waals surface area (Å²) in [4.78, 5) is 22.3. The van der Waals surface area contributed by atoms with Crippen LogP contribution in [0, 0.1) is 5.82 Å². The van der Waals surface area contributed by atoms with Gasteiger partial charge in [-0.05, 0) is 17.7 Å². The van der Waals surface area contributed by atoms with E-state index in [1.54, 1.807) is 6.29 Å². The topological polar surface area (TPSA) is 86.2 Å². The number of hydrogen-bond donors (Lipinski definition) is 2. The van der Waals surface area contributed by atoms with E-state index in [0.29, 0.717) is 0 Å². The first-order valence-electron chi connectivity index (χ1n) is 4.72. The van der Waals surface area contributed by atoms with Gasteiger partial charge in [0.1, 0.15) is 11.7 Å². The second kappa shape index (κ2) is 5.48. The molecule has 0 amide bonds. The molecule has 2 atom stereocenters. The molecule has 2 unspecified atom stereocenters. The van der Waals surface area contributed by atoms with Gasteiger partial charge in [0.2, 0.25) is 6.29 Å². The van der Waals surface area contributed by atoms with Crippen LogP contribution in [0.25, 0.3) is 0 Å². The Morgan fingerprint density at radius 1 is 1.50 bits per heavy atom. The highest BCUT2D eigenvalue weighted by Gasteiger charge is 2.25. The van der Waals surface area contributed by atoms with Gasteiger partial charge in [-0.2, -0.15) is 0 Å². The summed E-state index contributed by atoms with van der Waals surface area (Å²) in [5.41, 5.74) is 10.9. The van der Waals surface area contributed by atoms with Crippen molar-refractivity contribution in [2.75, 3.05) is 6.54 Å². The summed E-state index contributed by atoms with van der Waals surface area (Å²) >= 11 is 0. The predicted molar refractivity (Wildman–Crippen MR) is 56.9 cm³/mol. The van der Waals surface area contributed by atoms with E-state index in [1.807, 2.05) is 0 Å². The lowest BCUT2D eigenvalue weighted by molar-refractivity contribution is -0.120. The van der Waals surface area contributed by atoms with E-state index in [0.717, 1.165) is 6.07 Å². The number of halogens is 1. The number of carbonyl (C=O) groups excluding carboxylic acids is 2. The summed E-state index contributed by atoms with van der Waals surface area (Å²) in [6, 6.07) is 4.28. The van der Waals surface area contributed by atoms with Crippen LogP contribution < -0.4 is 11.5 Å². The Labute approximate surface area is 92.4 Å². The van der Waals surface area contributed by atoms with Crippen LogP contribution in [0.15, 0.2) is 24.3 Å². The van der Waals surface area contributed by atoms with Crippen molar-refractivity contribution in [2.45, 2.75) is 12.0 Å². The third-order valence-electron chi connectivity index (χ3n) is 2.20. The zero-order valence-corrected chi connectivity index (χ0v) is 8.52. The van der Waals surface area contributed by atoms with Crippen molar-refractivity contribution in [1.82, 2.24) is 0 Å². The molecule has 0 heterocycles. The molecule has 16 heavy (non-hydrogen) atoms. The van der Waals surface area contributed by atoms with Crippen LogP contribution in [0.4, 0.5) is 4.39 Å². The Balaban J connectivity index is 2.99. The Morgan fingerprint density at radius 3 is 2.69 bits per heavy atom. The van der Waals surface area contributed by atoms with Crippen molar-refractivity contribution >= 4 is 12.1 Å². The zero-order chi connectivity index (χ0) is 12.1. The highest BCUT2D eigenvalue weighted by Crippen LogP contribution is 2.16. The first kappa shape index (κ1) is 12.5. The predicted octanol–water partition coefficient (Wildman–Crippen LogP) is -0.126. The summed E-state index contributed by atoms with van der Waals surface area (Å²) in [6.45, 7) is -0.0632. The Kier molecular flexibility index (Phi) is 4.28. The minimum atomic E-state index is -1.17. The summed E-state index contributed by atoms with van der Waals surface area (Å²) in [5, 5.41) is 0. The maximum atomic E-state index is 12.9. The molecule has 0 saturated carbocycles. The second-order valence-corrected chi connectivity index (χ2v) is 3.35. The van der Waals surface area contributed by atoms with Gasteiger partial charge in [0.05, 0.1) is 6.04 Å². The highest BCUT2D eigenvalue weighted by molar-refractivity contribution is 6.02. The molecule has 85 valence electrons. The van der Waals surface area contributed by atoms with Crippen LogP contribution in [0.5, 0.6) is 0 Å². The monoisotopic (exact) mass is 223 g/mol. The van der Waals surface area contributed by atoms with E-state index in [2.05, 4.69) is 0 Å². The first-order valence-corrected chi connectivity index (χ1v) is 4.72. The Bertz CT molecular complexity index is 395. The largest absolute Gasteiger partial charge is 0.328 e. The summed E-state index contributed by atoms with van der Waals surface area (Å²) in [7, 11) is 0. The molecule has 0 aliphatic heterocycles. The molecule has 0 aliphatic carbocycles. The van der Waals surface area contributed by atoms with Crippen LogP contribution in [0.3, 0.4) is 0 Å². The second-order valence-electron chi connectivity index (χ2n) is 3.35. The zero-order valence-electron chi connectivity index (χ0n) is 8.52. The Morgan fingerprint density at radius 2 is 2.19 bits per heavy atom. The fraction of sp³-hybridized carbons (Fsp3) is 0.273. The molecule has 0 spiro atoms. The maximum Gasteiger partial charge on any atom is 0.214 e. The molecule has 1 rings (SSSR count). The van der Waals surface area contributed by atoms with Crippen molar-refractivity contribution in [3.8, 4) is 0 Å². The quantitative estimate of drug-likeness (QED) is 0.681. The Hall–Kier alpha value is -1.59. The normalized spacial score (nSPS) is 14.2. The molecular weight excluding hydrogens is 211 g/mol. The van der Waals surface area contributed by atoms with E-state index in [-0.39, 0.29) is 12.1 Å². The molecule has 0 saturated heterocycles. The van der Waals surface area contributed by atoms with Gasteiger partial charge >= 0.3 is 0 Å². The van der Waals surface area contributed by atoms with Crippen LogP contribution in [-0.2, 0) is 9.59 Å². The molecule has 1 aromatic carbocycles. The van der Waals surface area contributed by atoms with E-state index in [4.69, 9.17) is 11.5 Å². The van der Waals surface area contributed by atoms with Gasteiger partial charge in [-0.3, -0.25) is 9.59 Å². The van der Waals surface area contributed by atoms with E-state index < -0.39 is 23.6 Å². The smallest absolute Gasteiger partial charge is 0.214 e. The van der Waals surface area contributed by atoms with Crippen molar-refractivity contribution in [3.05, 3.63) is 35.6 Å². The van der Waals surface area contributed by atoms with Gasteiger partial charge in [-0.25, -0.2) is 4.39 Å². The fourth-order valence-electron chi connectivity index (χ4n) is 1.31. The number of benzene rings is 1. The molecule has 4 nitrogen and oxygen atoms in total. The molecule has 0 aromatic heterocycles. The lowest BCUT2D eigenvalue weighted by atomic mass is 9.92. The standard InChI is InChI=1S/C11H12FN2O2/c12-8-3-1-2-7(4-8)9(6-15)11(16)10(14)5-13/h1-4,9-10H,5,13-14H2. The van der Waals surface area contributed by atoms with Gasteiger partial charge in [0.25, 0.3) is 0 Å². The number of rotatable bonds is 5. The summed E-state index contributed by atoms with van der Waals surface area (Å²) in [5.74, 6) is -2.25. The third kappa shape index (κ3) is 2.71. The minimum absolute atomic E-state index is 0.0632. The van der Waals surface area contributed by atoms with Crippen LogP contribution >= 0.6 is 0 Å². The molecule has 5 heteroatoms. The number of Topliss-reactive ketones (excluding diaryl/α,β-unsaturated/α-hetero) is 1. The van der Waals surface area contributed by atoms with Crippen molar-refractivity contribution < 1.29 is 14.0 Å².